The molecular formula is C13H19ClN6. The third kappa shape index (κ3) is 3.02. The number of aromatic nitrogens is 4. The number of hydrogen-bond donors (Lipinski definition) is 2. The van der Waals surface area contributed by atoms with Crippen LogP contribution in [-0.2, 0) is 0 Å². The minimum Gasteiger partial charge on any atom is -0.364 e. The van der Waals surface area contributed by atoms with Crippen LogP contribution in [0.2, 0.25) is 5.28 Å². The average molecular weight is 295 g/mol. The first-order valence-corrected chi connectivity index (χ1v) is 7.45. The molecule has 1 aliphatic heterocycles. The van der Waals surface area contributed by atoms with Gasteiger partial charge < -0.3 is 15.2 Å². The molecule has 1 fully saturated rings. The number of nitrogens with zero attached hydrogens (tertiary/aromatic N) is 4. The maximum atomic E-state index is 5.93. The van der Waals surface area contributed by atoms with E-state index in [1.807, 2.05) is 0 Å². The Morgan fingerprint density at radius 3 is 2.95 bits per heavy atom. The van der Waals surface area contributed by atoms with Gasteiger partial charge in [0.1, 0.15) is 5.52 Å². The van der Waals surface area contributed by atoms with Gasteiger partial charge >= 0.3 is 0 Å². The Hall–Kier alpha value is -1.40. The van der Waals surface area contributed by atoms with Crippen molar-refractivity contribution in [3.05, 3.63) is 11.6 Å². The smallest absolute Gasteiger partial charge is 0.226 e. The zero-order valence-corrected chi connectivity index (χ0v) is 12.3. The number of fused-ring (bicyclic) bond motifs is 1. The number of anilines is 1. The standard InChI is InChI=1S/C13H19ClN6/c1-9(7-20-5-3-2-4-6-20)17-12-10-11(16-8-15-10)18-13(14)19-12/h8-9H,2-7H2,1H3,(H2,15,16,17,18,19). The van der Waals surface area contributed by atoms with E-state index in [0.29, 0.717) is 11.7 Å². The van der Waals surface area contributed by atoms with Crippen LogP contribution in [0.5, 0.6) is 0 Å². The van der Waals surface area contributed by atoms with Crippen molar-refractivity contribution >= 4 is 28.6 Å². The minimum absolute atomic E-state index is 0.220. The minimum atomic E-state index is 0.220. The van der Waals surface area contributed by atoms with Crippen LogP contribution in [0.15, 0.2) is 6.33 Å². The maximum absolute atomic E-state index is 5.93. The molecule has 0 aliphatic carbocycles. The lowest BCUT2D eigenvalue weighted by Gasteiger charge is -2.29. The second kappa shape index (κ2) is 5.93. The van der Waals surface area contributed by atoms with E-state index in [1.54, 1.807) is 6.33 Å². The van der Waals surface area contributed by atoms with Gasteiger partial charge in [0.2, 0.25) is 5.28 Å². The molecule has 1 unspecified atom stereocenters. The summed E-state index contributed by atoms with van der Waals surface area (Å²) in [6, 6.07) is 0.297. The van der Waals surface area contributed by atoms with Crippen molar-refractivity contribution in [3.8, 4) is 0 Å². The fraction of sp³-hybridized carbons (Fsp3) is 0.615. The lowest BCUT2D eigenvalue weighted by atomic mass is 10.1. The van der Waals surface area contributed by atoms with E-state index in [1.165, 1.54) is 32.4 Å². The molecule has 0 spiro atoms. The second-order valence-corrected chi connectivity index (χ2v) is 5.69. The molecule has 0 amide bonds. The second-order valence-electron chi connectivity index (χ2n) is 5.35. The molecule has 1 atom stereocenters. The molecule has 0 bridgehead atoms. The first kappa shape index (κ1) is 13.6. The van der Waals surface area contributed by atoms with Gasteiger partial charge in [0.05, 0.1) is 6.33 Å². The first-order chi connectivity index (χ1) is 9.72. The van der Waals surface area contributed by atoms with Crippen molar-refractivity contribution in [1.29, 1.82) is 0 Å². The highest BCUT2D eigenvalue weighted by Gasteiger charge is 2.15. The van der Waals surface area contributed by atoms with Crippen molar-refractivity contribution in [2.24, 2.45) is 0 Å². The molecule has 0 saturated carbocycles. The van der Waals surface area contributed by atoms with E-state index in [0.717, 1.165) is 17.9 Å². The molecule has 3 heterocycles. The molecule has 2 aromatic heterocycles. The number of nitrogens with one attached hydrogen (secondary N) is 2. The van der Waals surface area contributed by atoms with Crippen LogP contribution >= 0.6 is 11.6 Å². The number of H-pyrrole nitrogens is 1. The average Bonchev–Trinajstić information content (AvgIpc) is 2.88. The Balaban J connectivity index is 1.70. The number of likely N-dealkylation sites (tertiary alicyclic amines) is 1. The number of hydrogen-bond acceptors (Lipinski definition) is 5. The molecule has 6 nitrogen and oxygen atoms in total. The summed E-state index contributed by atoms with van der Waals surface area (Å²) in [4.78, 5) is 18.0. The normalized spacial score (nSPS) is 18.3. The lowest BCUT2D eigenvalue weighted by molar-refractivity contribution is 0.223. The topological polar surface area (TPSA) is 69.7 Å². The predicted molar refractivity (Wildman–Crippen MR) is 80.1 cm³/mol. The predicted octanol–water partition coefficient (Wildman–Crippen LogP) is 2.29. The molecule has 2 N–H and O–H groups in total. The number of aromatic amines is 1. The van der Waals surface area contributed by atoms with Gasteiger partial charge in [0.25, 0.3) is 0 Å². The molecule has 3 rings (SSSR count). The number of piperidine rings is 1. The zero-order valence-electron chi connectivity index (χ0n) is 11.6. The molecule has 7 heteroatoms. The molecule has 20 heavy (non-hydrogen) atoms. The van der Waals surface area contributed by atoms with Crippen molar-refractivity contribution < 1.29 is 0 Å². The fourth-order valence-electron chi connectivity index (χ4n) is 2.72. The Kier molecular flexibility index (Phi) is 4.03. The Labute approximate surface area is 123 Å². The lowest BCUT2D eigenvalue weighted by Crippen LogP contribution is -2.38. The van der Waals surface area contributed by atoms with E-state index in [-0.39, 0.29) is 5.28 Å². The molecule has 108 valence electrons. The summed E-state index contributed by atoms with van der Waals surface area (Å²) in [7, 11) is 0. The number of halogens is 1. The fourth-order valence-corrected chi connectivity index (χ4v) is 2.88. The third-order valence-electron chi connectivity index (χ3n) is 3.62. The van der Waals surface area contributed by atoms with Crippen LogP contribution in [-0.4, -0.2) is 50.5 Å². The van der Waals surface area contributed by atoms with E-state index >= 15 is 0 Å². The monoisotopic (exact) mass is 294 g/mol. The van der Waals surface area contributed by atoms with Crippen molar-refractivity contribution in [2.75, 3.05) is 25.0 Å². The van der Waals surface area contributed by atoms with Crippen LogP contribution in [0.25, 0.3) is 11.2 Å². The number of imidazole rings is 1. The van der Waals surface area contributed by atoms with Crippen LogP contribution in [0.4, 0.5) is 5.82 Å². The summed E-state index contributed by atoms with van der Waals surface area (Å²) in [5.74, 6) is 0.724. The Bertz CT molecular complexity index is 577. The largest absolute Gasteiger partial charge is 0.364 e. The van der Waals surface area contributed by atoms with Gasteiger partial charge in [-0.15, -0.1) is 0 Å². The molecule has 1 saturated heterocycles. The van der Waals surface area contributed by atoms with Crippen LogP contribution in [0.1, 0.15) is 26.2 Å². The van der Waals surface area contributed by atoms with E-state index in [4.69, 9.17) is 11.6 Å². The number of rotatable bonds is 4. The summed E-state index contributed by atoms with van der Waals surface area (Å²) in [5, 5.41) is 3.63. The van der Waals surface area contributed by atoms with Crippen molar-refractivity contribution in [2.45, 2.75) is 32.2 Å². The molecular weight excluding hydrogens is 276 g/mol. The molecule has 0 radical (unpaired) electrons. The molecule has 0 aromatic carbocycles. The summed E-state index contributed by atoms with van der Waals surface area (Å²) in [6.07, 6.45) is 5.57. The van der Waals surface area contributed by atoms with E-state index < -0.39 is 0 Å². The molecule has 2 aromatic rings. The highest BCUT2D eigenvalue weighted by molar-refractivity contribution is 6.28. The van der Waals surface area contributed by atoms with Crippen molar-refractivity contribution in [1.82, 2.24) is 24.8 Å². The van der Waals surface area contributed by atoms with Gasteiger partial charge in [-0.2, -0.15) is 9.97 Å². The summed E-state index contributed by atoms with van der Waals surface area (Å²) in [6.45, 7) is 5.55. The van der Waals surface area contributed by atoms with Gasteiger partial charge in [0.15, 0.2) is 11.5 Å². The molecule has 1 aliphatic rings. The van der Waals surface area contributed by atoms with Crippen LogP contribution < -0.4 is 5.32 Å². The summed E-state index contributed by atoms with van der Waals surface area (Å²) in [5.41, 5.74) is 1.40. The van der Waals surface area contributed by atoms with Gasteiger partial charge in [-0.3, -0.25) is 0 Å². The zero-order chi connectivity index (χ0) is 13.9. The van der Waals surface area contributed by atoms with Crippen molar-refractivity contribution in [3.63, 3.8) is 0 Å². The quantitative estimate of drug-likeness (QED) is 0.847. The first-order valence-electron chi connectivity index (χ1n) is 7.08. The highest BCUT2D eigenvalue weighted by atomic mass is 35.5. The Morgan fingerprint density at radius 2 is 2.15 bits per heavy atom. The van der Waals surface area contributed by atoms with Gasteiger partial charge in [0, 0.05) is 12.6 Å². The summed E-state index contributed by atoms with van der Waals surface area (Å²) >= 11 is 5.93. The Morgan fingerprint density at radius 1 is 1.35 bits per heavy atom. The SMILES string of the molecule is CC(CN1CCCCC1)Nc1nc(Cl)nc2nc[nH]c12. The summed E-state index contributed by atoms with van der Waals surface area (Å²) < 4.78 is 0. The van der Waals surface area contributed by atoms with Gasteiger partial charge in [-0.25, -0.2) is 4.98 Å². The maximum Gasteiger partial charge on any atom is 0.226 e. The van der Waals surface area contributed by atoms with Crippen LogP contribution in [0, 0.1) is 0 Å². The van der Waals surface area contributed by atoms with E-state index in [9.17, 15) is 0 Å². The van der Waals surface area contributed by atoms with E-state index in [2.05, 4.69) is 37.1 Å². The highest BCUT2D eigenvalue weighted by Crippen LogP contribution is 2.19. The third-order valence-corrected chi connectivity index (χ3v) is 3.79. The van der Waals surface area contributed by atoms with Gasteiger partial charge in [-0.05, 0) is 44.5 Å². The van der Waals surface area contributed by atoms with Crippen LogP contribution in [0.3, 0.4) is 0 Å². The van der Waals surface area contributed by atoms with Gasteiger partial charge in [-0.1, -0.05) is 6.42 Å².